The third-order valence-corrected chi connectivity index (χ3v) is 15.1. The molecule has 0 aliphatic heterocycles. The first-order valence-corrected chi connectivity index (χ1v) is 19.0. The Bertz CT molecular complexity index is 538. The van der Waals surface area contributed by atoms with Gasteiger partial charge in [0.05, 0.1) is 10.1 Å². The van der Waals surface area contributed by atoms with Gasteiger partial charge in [-0.3, -0.25) is 4.79 Å². The van der Waals surface area contributed by atoms with Gasteiger partial charge in [0.25, 0.3) is 0 Å². The highest BCUT2D eigenvalue weighted by molar-refractivity contribution is 6.74. The van der Waals surface area contributed by atoms with Gasteiger partial charge in [-0.2, -0.15) is 0 Å². The summed E-state index contributed by atoms with van der Waals surface area (Å²) in [7, 11) is -6.96. The van der Waals surface area contributed by atoms with Gasteiger partial charge in [0.2, 0.25) is 0 Å². The van der Waals surface area contributed by atoms with Gasteiger partial charge in [-0.15, -0.1) is 0 Å². The topological polar surface area (TPSA) is 72.5 Å². The van der Waals surface area contributed by atoms with E-state index in [9.17, 15) is 0 Å². The van der Waals surface area contributed by atoms with Crippen LogP contribution < -0.4 is 0 Å². The number of ketones is 1. The van der Waals surface area contributed by atoms with Gasteiger partial charge in [0.15, 0.2) is 5.78 Å². The summed E-state index contributed by atoms with van der Waals surface area (Å²) < 4.78 is 38.7. The molecular formula is C29H62O7Si2. The predicted molar refractivity (Wildman–Crippen MR) is 161 cm³/mol. The number of Topliss-reactive ketones (excluding diaryl/α,β-unsaturated/α-hetero) is 1. The van der Waals surface area contributed by atoms with Crippen LogP contribution in [-0.2, 0) is 31.4 Å². The van der Waals surface area contributed by atoms with Crippen LogP contribution in [0.4, 0.5) is 0 Å². The van der Waals surface area contributed by atoms with Gasteiger partial charge in [0.1, 0.15) is 0 Å². The zero-order valence-electron chi connectivity index (χ0n) is 26.7. The quantitative estimate of drug-likeness (QED) is 0.0758. The molecule has 0 aliphatic carbocycles. The van der Waals surface area contributed by atoms with Gasteiger partial charge >= 0.3 is 17.6 Å². The lowest BCUT2D eigenvalue weighted by molar-refractivity contribution is -0.130. The van der Waals surface area contributed by atoms with Crippen molar-refractivity contribution in [1.82, 2.24) is 0 Å². The summed E-state index contributed by atoms with van der Waals surface area (Å²) >= 11 is 0. The predicted octanol–water partition coefficient (Wildman–Crippen LogP) is 8.11. The molecule has 9 heteroatoms. The molecule has 0 bridgehead atoms. The van der Waals surface area contributed by atoms with Gasteiger partial charge in [-0.1, -0.05) is 65.2 Å². The summed E-state index contributed by atoms with van der Waals surface area (Å²) in [6.45, 7) is 22.7. The van der Waals surface area contributed by atoms with E-state index in [0.717, 1.165) is 51.4 Å². The monoisotopic (exact) mass is 578 g/mol. The van der Waals surface area contributed by atoms with Crippen LogP contribution in [0, 0.1) is 0 Å². The molecule has 0 aromatic rings. The van der Waals surface area contributed by atoms with Crippen molar-refractivity contribution in [3.63, 3.8) is 0 Å². The molecule has 0 amide bonds. The van der Waals surface area contributed by atoms with Gasteiger partial charge in [0, 0.05) is 39.6 Å². The van der Waals surface area contributed by atoms with Gasteiger partial charge < -0.3 is 26.6 Å². The van der Waals surface area contributed by atoms with E-state index in [1.807, 2.05) is 55.4 Å². The summed E-state index contributed by atoms with van der Waals surface area (Å²) in [5, 5.41) is -1.93. The fourth-order valence-electron chi connectivity index (χ4n) is 5.58. The molecule has 0 saturated carbocycles. The van der Waals surface area contributed by atoms with E-state index >= 15 is 4.79 Å². The zero-order chi connectivity index (χ0) is 29.1. The van der Waals surface area contributed by atoms with Crippen LogP contribution in [0.2, 0.25) is 10.1 Å². The van der Waals surface area contributed by atoms with E-state index in [0.29, 0.717) is 52.5 Å². The first-order chi connectivity index (χ1) is 18.1. The smallest absolute Gasteiger partial charge is 0.373 e. The van der Waals surface area contributed by atoms with Crippen LogP contribution in [0.5, 0.6) is 0 Å². The maximum Gasteiger partial charge on any atom is 0.514 e. The first kappa shape index (κ1) is 37.9. The van der Waals surface area contributed by atoms with Crippen molar-refractivity contribution in [2.24, 2.45) is 0 Å². The Morgan fingerprint density at radius 2 is 0.737 bits per heavy atom. The van der Waals surface area contributed by atoms with E-state index in [-0.39, 0.29) is 5.78 Å². The van der Waals surface area contributed by atoms with Crippen molar-refractivity contribution in [2.75, 3.05) is 39.6 Å². The molecule has 2 atom stereocenters. The van der Waals surface area contributed by atoms with Crippen molar-refractivity contribution in [1.29, 1.82) is 0 Å². The number of hydrogen-bond donors (Lipinski definition) is 0. The zero-order valence-corrected chi connectivity index (χ0v) is 28.7. The normalized spacial score (nSPS) is 15.8. The molecule has 0 radical (unpaired) electrons. The average Bonchev–Trinajstić information content (AvgIpc) is 2.89. The van der Waals surface area contributed by atoms with Gasteiger partial charge in [-0.25, -0.2) is 0 Å². The second-order valence-corrected chi connectivity index (χ2v) is 16.5. The van der Waals surface area contributed by atoms with Crippen LogP contribution in [0.25, 0.3) is 0 Å². The van der Waals surface area contributed by atoms with Crippen molar-refractivity contribution in [3.8, 4) is 0 Å². The molecule has 38 heavy (non-hydrogen) atoms. The van der Waals surface area contributed by atoms with Crippen LogP contribution in [0.3, 0.4) is 0 Å². The Balaban J connectivity index is 7.16. The maximum atomic E-state index is 15.3. The molecule has 0 rings (SSSR count). The maximum absolute atomic E-state index is 15.3. The molecule has 228 valence electrons. The fourth-order valence-corrected chi connectivity index (χ4v) is 12.5. The molecule has 0 aromatic heterocycles. The molecule has 0 spiro atoms. The third kappa shape index (κ3) is 9.47. The van der Waals surface area contributed by atoms with Crippen molar-refractivity contribution >= 4 is 23.4 Å². The van der Waals surface area contributed by atoms with Crippen LogP contribution in [0.1, 0.15) is 133 Å². The van der Waals surface area contributed by atoms with E-state index < -0.39 is 27.7 Å². The largest absolute Gasteiger partial charge is 0.514 e. The summed E-state index contributed by atoms with van der Waals surface area (Å²) in [5.41, 5.74) is 0. The van der Waals surface area contributed by atoms with Crippen LogP contribution in [0.15, 0.2) is 0 Å². The third-order valence-electron chi connectivity index (χ3n) is 7.42. The van der Waals surface area contributed by atoms with Crippen molar-refractivity contribution in [3.05, 3.63) is 0 Å². The number of hydrogen-bond acceptors (Lipinski definition) is 7. The summed E-state index contributed by atoms with van der Waals surface area (Å²) in [4.78, 5) is 15.3. The van der Waals surface area contributed by atoms with E-state index in [4.69, 9.17) is 26.6 Å². The van der Waals surface area contributed by atoms with Gasteiger partial charge in [-0.05, 0) is 68.2 Å². The summed E-state index contributed by atoms with van der Waals surface area (Å²) in [6.07, 6.45) is 9.67. The second-order valence-electron chi connectivity index (χ2n) is 10.3. The minimum Gasteiger partial charge on any atom is -0.373 e. The minimum atomic E-state index is -3.48. The molecule has 0 aliphatic rings. The van der Waals surface area contributed by atoms with Crippen LogP contribution >= 0.6 is 0 Å². The molecule has 0 saturated heterocycles. The molecule has 0 aromatic carbocycles. The van der Waals surface area contributed by atoms with E-state index in [1.165, 1.54) is 0 Å². The number of carbonyl (C=O) groups is 1. The number of carbonyl (C=O) groups excluding carboxylic acids is 1. The van der Waals surface area contributed by atoms with E-state index in [1.54, 1.807) is 0 Å². The second kappa shape index (κ2) is 19.9. The van der Waals surface area contributed by atoms with Crippen LogP contribution in [-0.4, -0.2) is 63.0 Å². The molecule has 0 heterocycles. The Kier molecular flexibility index (Phi) is 19.8. The molecule has 2 unspecified atom stereocenters. The lowest BCUT2D eigenvalue weighted by atomic mass is 9.86. The summed E-state index contributed by atoms with van der Waals surface area (Å²) in [6, 6.07) is 0. The molecule has 0 N–H and O–H groups in total. The Hall–Kier alpha value is -0.136. The average molecular weight is 579 g/mol. The standard InChI is InChI=1S/C29H62O7Si2/c1-11-19-21-23-25-28(9,37(31-13-3,32-14-4)33-15-5)27(30)29(10,26-24-22-20-12-2)38(34-16-6,35-17-7)36-18-8/h11-26H2,1-10H3. The highest BCUT2D eigenvalue weighted by Gasteiger charge is 2.71. The lowest BCUT2D eigenvalue weighted by Gasteiger charge is -2.49. The summed E-state index contributed by atoms with van der Waals surface area (Å²) in [5.74, 6) is 0.0574. The van der Waals surface area contributed by atoms with E-state index in [2.05, 4.69) is 13.8 Å². The Labute approximate surface area is 237 Å². The first-order valence-electron chi connectivity index (χ1n) is 15.5. The SMILES string of the molecule is CCCCCCC(C)(C(=O)C(C)(CCCCCC)[Si](OCC)(OCC)OCC)[Si](OCC)(OCC)OCC. The van der Waals surface area contributed by atoms with Crippen molar-refractivity contribution < 1.29 is 31.4 Å². The Morgan fingerprint density at radius 1 is 0.474 bits per heavy atom. The number of unbranched alkanes of at least 4 members (excludes halogenated alkanes) is 6. The highest BCUT2D eigenvalue weighted by atomic mass is 28.4. The minimum absolute atomic E-state index is 0.0574. The Morgan fingerprint density at radius 3 is 0.947 bits per heavy atom. The molecular weight excluding hydrogens is 516 g/mol. The fraction of sp³-hybridized carbons (Fsp3) is 0.966. The molecule has 0 fully saturated rings. The lowest BCUT2D eigenvalue weighted by Crippen LogP contribution is -2.65. The highest BCUT2D eigenvalue weighted by Crippen LogP contribution is 2.57. The van der Waals surface area contributed by atoms with Crippen molar-refractivity contribution in [2.45, 2.75) is 144 Å². The molecule has 7 nitrogen and oxygen atoms in total. The number of rotatable bonds is 26.